The van der Waals surface area contributed by atoms with Crippen molar-refractivity contribution in [3.05, 3.63) is 40.3 Å². The van der Waals surface area contributed by atoms with Crippen LogP contribution in [-0.4, -0.2) is 71.8 Å². The van der Waals surface area contributed by atoms with Crippen molar-refractivity contribution >= 4 is 16.7 Å². The molecule has 1 aliphatic heterocycles. The molecule has 0 bridgehead atoms. The van der Waals surface area contributed by atoms with Gasteiger partial charge in [-0.05, 0) is 39.9 Å². The van der Waals surface area contributed by atoms with Crippen LogP contribution < -0.4 is 10.9 Å². The van der Waals surface area contributed by atoms with Crippen molar-refractivity contribution in [1.82, 2.24) is 24.9 Å². The third-order valence-electron chi connectivity index (χ3n) is 5.07. The van der Waals surface area contributed by atoms with E-state index >= 15 is 0 Å². The minimum Gasteiger partial charge on any atom is -0.351 e. The lowest BCUT2D eigenvalue weighted by Crippen LogP contribution is -2.45. The fourth-order valence-corrected chi connectivity index (χ4v) is 3.38. The predicted molar refractivity (Wildman–Crippen MR) is 107 cm³/mol. The van der Waals surface area contributed by atoms with Crippen LogP contribution in [0.15, 0.2) is 29.1 Å². The van der Waals surface area contributed by atoms with Gasteiger partial charge in [0.15, 0.2) is 5.69 Å². The molecule has 1 N–H and O–H groups in total. The van der Waals surface area contributed by atoms with Crippen LogP contribution in [0.4, 0.5) is 0 Å². The molecule has 146 valence electrons. The average Bonchev–Trinajstić information content (AvgIpc) is 2.66. The van der Waals surface area contributed by atoms with Crippen molar-refractivity contribution in [1.29, 1.82) is 0 Å². The number of benzene rings is 1. The summed E-state index contributed by atoms with van der Waals surface area (Å²) in [6.07, 6.45) is 0.900. The molecule has 0 spiro atoms. The lowest BCUT2D eigenvalue weighted by molar-refractivity contribution is 0.0943. The van der Waals surface area contributed by atoms with Crippen LogP contribution in [0.2, 0.25) is 0 Å². The fourth-order valence-electron chi connectivity index (χ4n) is 3.38. The van der Waals surface area contributed by atoms with Gasteiger partial charge >= 0.3 is 0 Å². The largest absolute Gasteiger partial charge is 0.351 e. The first-order valence-corrected chi connectivity index (χ1v) is 9.68. The van der Waals surface area contributed by atoms with Gasteiger partial charge < -0.3 is 15.1 Å². The molecule has 2 aromatic rings. The summed E-state index contributed by atoms with van der Waals surface area (Å²) in [6.45, 7) is 9.71. The molecule has 0 atom stereocenters. The summed E-state index contributed by atoms with van der Waals surface area (Å²) in [5.74, 6) is -0.223. The maximum absolute atomic E-state index is 12.7. The number of nitrogens with zero attached hydrogens (tertiary/aromatic N) is 4. The summed E-state index contributed by atoms with van der Waals surface area (Å²) in [5.41, 5.74) is 0.158. The van der Waals surface area contributed by atoms with Crippen LogP contribution in [-0.2, 0) is 0 Å². The van der Waals surface area contributed by atoms with Crippen molar-refractivity contribution in [2.75, 3.05) is 46.3 Å². The van der Waals surface area contributed by atoms with E-state index in [2.05, 4.69) is 27.3 Å². The first-order valence-electron chi connectivity index (χ1n) is 9.68. The Kier molecular flexibility index (Phi) is 6.23. The highest BCUT2D eigenvalue weighted by Gasteiger charge is 2.18. The zero-order chi connectivity index (χ0) is 19.4. The standard InChI is InChI=1S/C20H29N5O2/c1-15(2)25-20(27)17-8-5-4-7-16(17)18(22-25)19(26)21-9-6-10-24-13-11-23(3)12-14-24/h4-5,7-8,15H,6,9-14H2,1-3H3,(H,21,26). The molecule has 1 aromatic carbocycles. The molecule has 7 nitrogen and oxygen atoms in total. The van der Waals surface area contributed by atoms with Crippen molar-refractivity contribution in [3.8, 4) is 0 Å². The van der Waals surface area contributed by atoms with Gasteiger partial charge in [0.25, 0.3) is 11.5 Å². The highest BCUT2D eigenvalue weighted by molar-refractivity contribution is 6.04. The van der Waals surface area contributed by atoms with E-state index in [0.29, 0.717) is 23.0 Å². The normalized spacial score (nSPS) is 16.1. The van der Waals surface area contributed by atoms with E-state index < -0.39 is 0 Å². The van der Waals surface area contributed by atoms with Gasteiger partial charge in [-0.15, -0.1) is 0 Å². The number of nitrogens with one attached hydrogen (secondary N) is 1. The van der Waals surface area contributed by atoms with Crippen molar-refractivity contribution in [3.63, 3.8) is 0 Å². The summed E-state index contributed by atoms with van der Waals surface area (Å²) in [7, 11) is 2.14. The Balaban J connectivity index is 1.67. The van der Waals surface area contributed by atoms with E-state index in [1.165, 1.54) is 4.68 Å². The number of likely N-dealkylation sites (N-methyl/N-ethyl adjacent to an activating group) is 1. The first-order chi connectivity index (χ1) is 13.0. The van der Waals surface area contributed by atoms with Crippen LogP contribution in [0.5, 0.6) is 0 Å². The zero-order valence-electron chi connectivity index (χ0n) is 16.4. The Morgan fingerprint density at radius 1 is 1.15 bits per heavy atom. The van der Waals surface area contributed by atoms with Crippen LogP contribution in [0.3, 0.4) is 0 Å². The molecule has 1 saturated heterocycles. The summed E-state index contributed by atoms with van der Waals surface area (Å²) in [6, 6.07) is 7.07. The highest BCUT2D eigenvalue weighted by atomic mass is 16.2. The van der Waals surface area contributed by atoms with Gasteiger partial charge in [-0.25, -0.2) is 4.68 Å². The molecule has 1 aromatic heterocycles. The Bertz CT molecular complexity index is 853. The summed E-state index contributed by atoms with van der Waals surface area (Å²) in [5, 5.41) is 8.46. The van der Waals surface area contributed by atoms with Gasteiger partial charge in [0, 0.05) is 38.1 Å². The van der Waals surface area contributed by atoms with Gasteiger partial charge in [0.05, 0.1) is 11.4 Å². The minimum absolute atomic E-state index is 0.106. The second-order valence-corrected chi connectivity index (χ2v) is 7.49. The monoisotopic (exact) mass is 371 g/mol. The maximum atomic E-state index is 12.7. The highest BCUT2D eigenvalue weighted by Crippen LogP contribution is 2.14. The lowest BCUT2D eigenvalue weighted by Gasteiger charge is -2.32. The average molecular weight is 371 g/mol. The number of hydrogen-bond acceptors (Lipinski definition) is 5. The third-order valence-corrected chi connectivity index (χ3v) is 5.07. The fraction of sp³-hybridized carbons (Fsp3) is 0.550. The number of hydrogen-bond donors (Lipinski definition) is 1. The van der Waals surface area contributed by atoms with Crippen molar-refractivity contribution in [2.24, 2.45) is 0 Å². The molecule has 3 rings (SSSR count). The molecule has 1 aliphatic rings. The van der Waals surface area contributed by atoms with E-state index in [0.717, 1.165) is 39.1 Å². The van der Waals surface area contributed by atoms with Crippen LogP contribution in [0.1, 0.15) is 36.8 Å². The van der Waals surface area contributed by atoms with Crippen LogP contribution in [0, 0.1) is 0 Å². The van der Waals surface area contributed by atoms with E-state index in [-0.39, 0.29) is 17.5 Å². The number of piperazine rings is 1. The molecule has 0 radical (unpaired) electrons. The number of carbonyl (C=O) groups excluding carboxylic acids is 1. The number of carbonyl (C=O) groups is 1. The molecule has 7 heteroatoms. The Labute approximate surface area is 159 Å². The van der Waals surface area contributed by atoms with Crippen molar-refractivity contribution in [2.45, 2.75) is 26.3 Å². The molecular formula is C20H29N5O2. The number of aromatic nitrogens is 2. The SMILES string of the molecule is CC(C)n1nc(C(=O)NCCCN2CCN(C)CC2)c2ccccc2c1=O. The quantitative estimate of drug-likeness (QED) is 0.776. The number of fused-ring (bicyclic) bond motifs is 1. The van der Waals surface area contributed by atoms with E-state index in [4.69, 9.17) is 0 Å². The smallest absolute Gasteiger partial charge is 0.274 e. The van der Waals surface area contributed by atoms with Gasteiger partial charge in [-0.3, -0.25) is 9.59 Å². The molecule has 2 heterocycles. The van der Waals surface area contributed by atoms with Gasteiger partial charge in [0.2, 0.25) is 0 Å². The number of amides is 1. The Morgan fingerprint density at radius 3 is 2.48 bits per heavy atom. The molecule has 0 saturated carbocycles. The minimum atomic E-state index is -0.223. The third kappa shape index (κ3) is 4.54. The van der Waals surface area contributed by atoms with Gasteiger partial charge in [-0.1, -0.05) is 18.2 Å². The molecule has 0 unspecified atom stereocenters. The summed E-state index contributed by atoms with van der Waals surface area (Å²) in [4.78, 5) is 30.1. The lowest BCUT2D eigenvalue weighted by atomic mass is 10.1. The van der Waals surface area contributed by atoms with Crippen LogP contribution >= 0.6 is 0 Å². The molecule has 0 aliphatic carbocycles. The van der Waals surface area contributed by atoms with Gasteiger partial charge in [-0.2, -0.15) is 5.10 Å². The summed E-state index contributed by atoms with van der Waals surface area (Å²) < 4.78 is 1.39. The molecule has 27 heavy (non-hydrogen) atoms. The molecule has 1 amide bonds. The Morgan fingerprint density at radius 2 is 1.81 bits per heavy atom. The van der Waals surface area contributed by atoms with Crippen molar-refractivity contribution < 1.29 is 4.79 Å². The number of rotatable bonds is 6. The maximum Gasteiger partial charge on any atom is 0.274 e. The van der Waals surface area contributed by atoms with Crippen LogP contribution in [0.25, 0.3) is 10.8 Å². The second-order valence-electron chi connectivity index (χ2n) is 7.49. The van der Waals surface area contributed by atoms with E-state index in [1.54, 1.807) is 12.1 Å². The predicted octanol–water partition coefficient (Wildman–Crippen LogP) is 1.34. The molecule has 1 fully saturated rings. The van der Waals surface area contributed by atoms with Gasteiger partial charge in [0.1, 0.15) is 0 Å². The first kappa shape index (κ1) is 19.5. The Hall–Kier alpha value is -2.25. The summed E-state index contributed by atoms with van der Waals surface area (Å²) >= 11 is 0. The molecular weight excluding hydrogens is 342 g/mol. The second kappa shape index (κ2) is 8.63. The van der Waals surface area contributed by atoms with E-state index in [9.17, 15) is 9.59 Å². The van der Waals surface area contributed by atoms with E-state index in [1.807, 2.05) is 26.0 Å². The topological polar surface area (TPSA) is 70.5 Å². The zero-order valence-corrected chi connectivity index (χ0v) is 16.4.